The first-order valence-corrected chi connectivity index (χ1v) is 7.56. The van der Waals surface area contributed by atoms with Crippen molar-refractivity contribution in [2.75, 3.05) is 6.26 Å². The molecule has 1 heterocycles. The van der Waals surface area contributed by atoms with Gasteiger partial charge in [-0.15, -0.1) is 0 Å². The van der Waals surface area contributed by atoms with E-state index in [4.69, 9.17) is 0 Å². The highest BCUT2D eigenvalue weighted by atomic mass is 32.2. The molecule has 0 saturated heterocycles. The van der Waals surface area contributed by atoms with Crippen LogP contribution in [0.4, 0.5) is 0 Å². The zero-order valence-electron chi connectivity index (χ0n) is 10.3. The van der Waals surface area contributed by atoms with Gasteiger partial charge in [0.15, 0.2) is 0 Å². The molecule has 0 saturated carbocycles. The van der Waals surface area contributed by atoms with Crippen LogP contribution in [-0.2, 0) is 9.52 Å². The summed E-state index contributed by atoms with van der Waals surface area (Å²) in [5, 5.41) is 0.866. The second kappa shape index (κ2) is 5.19. The minimum atomic E-state index is -2.20. The Hall–Kier alpha value is -1.55. The van der Waals surface area contributed by atoms with Crippen molar-refractivity contribution in [2.45, 2.75) is 18.7 Å². The average Bonchev–Trinajstić information content (AvgIpc) is 2.29. The Labute approximate surface area is 102 Å². The lowest BCUT2D eigenvalue weighted by atomic mass is 10.2. The number of H-pyrrole nitrogens is 1. The highest BCUT2D eigenvalue weighted by Gasteiger charge is 2.02. The van der Waals surface area contributed by atoms with Crippen LogP contribution in [0.3, 0.4) is 0 Å². The first-order valence-electron chi connectivity index (χ1n) is 5.42. The van der Waals surface area contributed by atoms with Crippen LogP contribution in [-0.4, -0.2) is 21.3 Å². The summed E-state index contributed by atoms with van der Waals surface area (Å²) < 4.78 is 11.7. The van der Waals surface area contributed by atoms with Gasteiger partial charge in [-0.1, -0.05) is 13.8 Å². The summed E-state index contributed by atoms with van der Waals surface area (Å²) in [7, 11) is -2.20. The van der Waals surface area contributed by atoms with Gasteiger partial charge in [0.25, 0.3) is 0 Å². The van der Waals surface area contributed by atoms with Crippen LogP contribution in [0.5, 0.6) is 0 Å². The highest BCUT2D eigenvalue weighted by Crippen LogP contribution is 2.15. The second-order valence-electron chi connectivity index (χ2n) is 3.58. The Kier molecular flexibility index (Phi) is 4.12. The molecule has 1 aromatic carbocycles. The number of nitrogens with one attached hydrogen (secondary N) is 1. The number of hydrogen-bond acceptors (Lipinski definition) is 2. The van der Waals surface area contributed by atoms with Crippen molar-refractivity contribution in [3.63, 3.8) is 0 Å². The van der Waals surface area contributed by atoms with Crippen molar-refractivity contribution in [3.05, 3.63) is 40.7 Å². The fourth-order valence-corrected chi connectivity index (χ4v) is 2.13. The summed E-state index contributed by atoms with van der Waals surface area (Å²) in [6.45, 7) is 4.00. The van der Waals surface area contributed by atoms with Gasteiger partial charge >= 0.3 is 0 Å². The number of hydrogen-bond donors (Lipinski definition) is 1. The quantitative estimate of drug-likeness (QED) is 0.790. The van der Waals surface area contributed by atoms with E-state index < -0.39 is 9.52 Å². The maximum absolute atomic E-state index is 11.7. The molecule has 4 heteroatoms. The standard InChI is InChI=1S/C11H11NO2S.C2H6/c1-15(2,14)9-4-5-10-8(7-9)3-6-11(13)12-10;1-2/h3-7H,1H2,2H3,(H,12,13);1-2H3. The highest BCUT2D eigenvalue weighted by molar-refractivity contribution is 7.99. The van der Waals surface area contributed by atoms with E-state index in [1.54, 1.807) is 30.5 Å². The minimum Gasteiger partial charge on any atom is -0.322 e. The van der Waals surface area contributed by atoms with Crippen molar-refractivity contribution < 1.29 is 4.21 Å². The molecule has 92 valence electrons. The van der Waals surface area contributed by atoms with Gasteiger partial charge in [-0.25, -0.2) is 0 Å². The zero-order chi connectivity index (χ0) is 13.1. The molecule has 1 unspecified atom stereocenters. The normalized spacial score (nSPS) is 13.6. The number of fused-ring (bicyclic) bond motifs is 1. The molecule has 3 nitrogen and oxygen atoms in total. The van der Waals surface area contributed by atoms with E-state index in [9.17, 15) is 9.00 Å². The van der Waals surface area contributed by atoms with Crippen molar-refractivity contribution in [1.29, 1.82) is 0 Å². The molecule has 1 atom stereocenters. The topological polar surface area (TPSA) is 49.9 Å². The largest absolute Gasteiger partial charge is 0.322 e. The van der Waals surface area contributed by atoms with E-state index in [1.165, 1.54) is 6.07 Å². The third kappa shape index (κ3) is 3.20. The lowest BCUT2D eigenvalue weighted by Gasteiger charge is -2.04. The molecule has 17 heavy (non-hydrogen) atoms. The second-order valence-corrected chi connectivity index (χ2v) is 6.06. The van der Waals surface area contributed by atoms with Gasteiger partial charge in [0.1, 0.15) is 0 Å². The molecule has 2 rings (SSSR count). The van der Waals surface area contributed by atoms with E-state index in [2.05, 4.69) is 10.9 Å². The van der Waals surface area contributed by atoms with Crippen LogP contribution >= 0.6 is 0 Å². The smallest absolute Gasteiger partial charge is 0.248 e. The maximum atomic E-state index is 11.7. The molecule has 0 spiro atoms. The SMILES string of the molecule is C=S(C)(=O)c1ccc2[nH]c(=O)ccc2c1.CC. The van der Waals surface area contributed by atoms with Crippen LogP contribution in [0.2, 0.25) is 0 Å². The summed E-state index contributed by atoms with van der Waals surface area (Å²) >= 11 is 0. The van der Waals surface area contributed by atoms with Gasteiger partial charge in [-0.3, -0.25) is 9.00 Å². The van der Waals surface area contributed by atoms with Gasteiger partial charge < -0.3 is 4.98 Å². The third-order valence-electron chi connectivity index (χ3n) is 2.19. The first-order chi connectivity index (χ1) is 7.97. The maximum Gasteiger partial charge on any atom is 0.248 e. The van der Waals surface area contributed by atoms with E-state index in [0.29, 0.717) is 4.90 Å². The van der Waals surface area contributed by atoms with Crippen LogP contribution in [0, 0.1) is 0 Å². The molecule has 0 radical (unpaired) electrons. The van der Waals surface area contributed by atoms with Crippen LogP contribution < -0.4 is 5.56 Å². The zero-order valence-corrected chi connectivity index (χ0v) is 11.1. The minimum absolute atomic E-state index is 0.137. The summed E-state index contributed by atoms with van der Waals surface area (Å²) in [4.78, 5) is 14.4. The molecule has 1 N–H and O–H groups in total. The van der Waals surface area contributed by atoms with Crippen molar-refractivity contribution in [2.24, 2.45) is 0 Å². The molecule has 0 amide bonds. The Balaban J connectivity index is 0.000000686. The molecular formula is C13H17NO2S. The lowest BCUT2D eigenvalue weighted by molar-refractivity contribution is 0.685. The molecule has 1 aromatic heterocycles. The Morgan fingerprint density at radius 3 is 2.41 bits per heavy atom. The number of pyridine rings is 1. The fourth-order valence-electron chi connectivity index (χ4n) is 1.40. The molecule has 0 aliphatic heterocycles. The van der Waals surface area contributed by atoms with Crippen molar-refractivity contribution in [3.8, 4) is 0 Å². The summed E-state index contributed by atoms with van der Waals surface area (Å²) in [6.07, 6.45) is 1.60. The molecule has 2 aromatic rings. The third-order valence-corrected chi connectivity index (χ3v) is 3.44. The number of aromatic amines is 1. The van der Waals surface area contributed by atoms with Gasteiger partial charge in [-0.05, 0) is 45.0 Å². The van der Waals surface area contributed by atoms with Crippen LogP contribution in [0.1, 0.15) is 13.8 Å². The molecular weight excluding hydrogens is 234 g/mol. The van der Waals surface area contributed by atoms with Gasteiger partial charge in [0, 0.05) is 22.7 Å². The van der Waals surface area contributed by atoms with Crippen LogP contribution in [0.15, 0.2) is 40.0 Å². The number of aromatic nitrogens is 1. The van der Waals surface area contributed by atoms with E-state index >= 15 is 0 Å². The van der Waals surface area contributed by atoms with Crippen molar-refractivity contribution in [1.82, 2.24) is 4.98 Å². The Morgan fingerprint density at radius 2 is 1.82 bits per heavy atom. The lowest BCUT2D eigenvalue weighted by Crippen LogP contribution is -2.03. The van der Waals surface area contributed by atoms with Crippen LogP contribution in [0.25, 0.3) is 10.9 Å². The monoisotopic (exact) mass is 251 g/mol. The Morgan fingerprint density at radius 1 is 1.18 bits per heavy atom. The fraction of sp³-hybridized carbons (Fsp3) is 0.231. The summed E-state index contributed by atoms with van der Waals surface area (Å²) in [6, 6.07) is 8.43. The molecule has 0 bridgehead atoms. The molecule has 0 aliphatic rings. The summed E-state index contributed by atoms with van der Waals surface area (Å²) in [5.74, 6) is 3.62. The van der Waals surface area contributed by atoms with Gasteiger partial charge in [-0.2, -0.15) is 0 Å². The molecule has 0 fully saturated rings. The number of rotatable bonds is 1. The Bertz CT molecular complexity index is 669. The first kappa shape index (κ1) is 13.5. The van der Waals surface area contributed by atoms with Gasteiger partial charge in [0.2, 0.25) is 5.56 Å². The van der Waals surface area contributed by atoms with E-state index in [-0.39, 0.29) is 5.56 Å². The van der Waals surface area contributed by atoms with E-state index in [1.807, 2.05) is 13.8 Å². The summed E-state index contributed by atoms with van der Waals surface area (Å²) in [5.41, 5.74) is 0.608. The molecule has 0 aliphatic carbocycles. The average molecular weight is 251 g/mol. The van der Waals surface area contributed by atoms with E-state index in [0.717, 1.165) is 10.9 Å². The number of benzene rings is 1. The van der Waals surface area contributed by atoms with Crippen molar-refractivity contribution >= 4 is 26.3 Å². The van der Waals surface area contributed by atoms with Gasteiger partial charge in [0.05, 0.1) is 0 Å². The predicted octanol–water partition coefficient (Wildman–Crippen LogP) is 2.26. The predicted molar refractivity (Wildman–Crippen MR) is 75.4 cm³/mol.